The first kappa shape index (κ1) is 20.7. The number of piperidine rings is 1. The standard InChI is InChI=1S/C26H26N6O2/c1-31-12-10-19-18(7-11-27-25(19)31)17-5-6-21(24-20(17)15-28-26(24)34)29-22-3-2-4-23(30-22)32-13-8-16(33)9-14-32/h2-7,10-12,16,33H,8-9,13-15H2,1H3,(H,28,34)(H,29,30). The number of carbonyl (C=O) groups excluding carboxylic acids is 1. The summed E-state index contributed by atoms with van der Waals surface area (Å²) >= 11 is 0. The zero-order valence-electron chi connectivity index (χ0n) is 19.0. The van der Waals surface area contributed by atoms with Crippen LogP contribution in [-0.2, 0) is 13.6 Å². The van der Waals surface area contributed by atoms with Gasteiger partial charge in [0.2, 0.25) is 0 Å². The Kier molecular flexibility index (Phi) is 4.95. The number of aryl methyl sites for hydroxylation is 1. The fraction of sp³-hybridized carbons (Fsp3) is 0.269. The lowest BCUT2D eigenvalue weighted by molar-refractivity contribution is 0.0966. The average molecular weight is 455 g/mol. The van der Waals surface area contributed by atoms with Gasteiger partial charge >= 0.3 is 0 Å². The van der Waals surface area contributed by atoms with Gasteiger partial charge in [-0.05, 0) is 59.9 Å². The number of anilines is 3. The third kappa shape index (κ3) is 3.47. The summed E-state index contributed by atoms with van der Waals surface area (Å²) in [5.74, 6) is 1.48. The molecule has 1 amide bonds. The summed E-state index contributed by atoms with van der Waals surface area (Å²) < 4.78 is 2.00. The van der Waals surface area contributed by atoms with E-state index in [4.69, 9.17) is 4.98 Å². The molecule has 3 N–H and O–H groups in total. The highest BCUT2D eigenvalue weighted by Gasteiger charge is 2.27. The van der Waals surface area contributed by atoms with Crippen LogP contribution in [0.25, 0.3) is 22.2 Å². The minimum atomic E-state index is -0.227. The van der Waals surface area contributed by atoms with Crippen molar-refractivity contribution < 1.29 is 9.90 Å². The highest BCUT2D eigenvalue weighted by atomic mass is 16.3. The molecule has 0 bridgehead atoms. The quantitative estimate of drug-likeness (QED) is 0.436. The van der Waals surface area contributed by atoms with E-state index in [0.29, 0.717) is 17.9 Å². The van der Waals surface area contributed by atoms with Crippen LogP contribution in [0.3, 0.4) is 0 Å². The number of aromatic nitrogens is 3. The van der Waals surface area contributed by atoms with Crippen LogP contribution in [0.4, 0.5) is 17.3 Å². The number of carbonyl (C=O) groups is 1. The molecule has 0 radical (unpaired) electrons. The van der Waals surface area contributed by atoms with E-state index < -0.39 is 0 Å². The van der Waals surface area contributed by atoms with Crippen molar-refractivity contribution in [3.63, 3.8) is 0 Å². The third-order valence-electron chi connectivity index (χ3n) is 6.81. The Labute approximate surface area is 197 Å². The maximum Gasteiger partial charge on any atom is 0.254 e. The van der Waals surface area contributed by atoms with E-state index in [9.17, 15) is 9.90 Å². The van der Waals surface area contributed by atoms with Crippen molar-refractivity contribution >= 4 is 34.3 Å². The molecule has 0 spiro atoms. The molecule has 6 rings (SSSR count). The Hall–Kier alpha value is -3.91. The Balaban J connectivity index is 1.36. The van der Waals surface area contributed by atoms with Gasteiger partial charge in [-0.3, -0.25) is 4.79 Å². The van der Waals surface area contributed by atoms with Gasteiger partial charge in [0.15, 0.2) is 0 Å². The lowest BCUT2D eigenvalue weighted by atomic mass is 9.94. The Bertz CT molecular complexity index is 1400. The van der Waals surface area contributed by atoms with Crippen LogP contribution in [-0.4, -0.2) is 44.7 Å². The number of nitrogens with one attached hydrogen (secondary N) is 2. The van der Waals surface area contributed by atoms with Crippen molar-refractivity contribution in [2.24, 2.45) is 7.05 Å². The summed E-state index contributed by atoms with van der Waals surface area (Å²) in [6, 6.07) is 14.0. The van der Waals surface area contributed by atoms with Crippen molar-refractivity contribution in [2.75, 3.05) is 23.3 Å². The second-order valence-corrected chi connectivity index (χ2v) is 8.94. The summed E-state index contributed by atoms with van der Waals surface area (Å²) in [5, 5.41) is 17.2. The molecule has 34 heavy (non-hydrogen) atoms. The molecule has 8 nitrogen and oxygen atoms in total. The van der Waals surface area contributed by atoms with Gasteiger partial charge in [-0.25, -0.2) is 9.97 Å². The molecule has 0 unspecified atom stereocenters. The smallest absolute Gasteiger partial charge is 0.254 e. The monoisotopic (exact) mass is 454 g/mol. The average Bonchev–Trinajstić information content (AvgIpc) is 3.43. The van der Waals surface area contributed by atoms with Crippen LogP contribution in [0.1, 0.15) is 28.8 Å². The third-order valence-corrected chi connectivity index (χ3v) is 6.81. The van der Waals surface area contributed by atoms with E-state index >= 15 is 0 Å². The largest absolute Gasteiger partial charge is 0.393 e. The van der Waals surface area contributed by atoms with Gasteiger partial charge in [0, 0.05) is 44.5 Å². The normalized spacial score (nSPS) is 16.1. The van der Waals surface area contributed by atoms with Crippen molar-refractivity contribution in [1.82, 2.24) is 19.9 Å². The van der Waals surface area contributed by atoms with E-state index in [0.717, 1.165) is 65.2 Å². The number of aliphatic hydroxyl groups excluding tert-OH is 1. The van der Waals surface area contributed by atoms with Crippen LogP contribution in [0.5, 0.6) is 0 Å². The molecule has 2 aliphatic rings. The summed E-state index contributed by atoms with van der Waals surface area (Å²) in [5.41, 5.74) is 5.39. The van der Waals surface area contributed by atoms with Gasteiger partial charge in [-0.15, -0.1) is 0 Å². The van der Waals surface area contributed by atoms with Crippen molar-refractivity contribution in [1.29, 1.82) is 0 Å². The number of fused-ring (bicyclic) bond motifs is 2. The first-order chi connectivity index (χ1) is 16.6. The fourth-order valence-electron chi connectivity index (χ4n) is 5.01. The molecule has 172 valence electrons. The number of hydrogen-bond donors (Lipinski definition) is 3. The summed E-state index contributed by atoms with van der Waals surface area (Å²) in [6.07, 6.45) is 5.09. The first-order valence-corrected chi connectivity index (χ1v) is 11.6. The zero-order valence-corrected chi connectivity index (χ0v) is 19.0. The predicted octanol–water partition coefficient (Wildman–Crippen LogP) is 3.58. The number of aliphatic hydroxyl groups is 1. The highest BCUT2D eigenvalue weighted by molar-refractivity contribution is 6.07. The minimum absolute atomic E-state index is 0.0844. The van der Waals surface area contributed by atoms with Crippen molar-refractivity contribution in [2.45, 2.75) is 25.5 Å². The molecule has 1 fully saturated rings. The molecule has 1 aromatic carbocycles. The Morgan fingerprint density at radius 3 is 2.79 bits per heavy atom. The molecule has 5 heterocycles. The zero-order chi connectivity index (χ0) is 23.2. The van der Waals surface area contributed by atoms with Crippen LogP contribution >= 0.6 is 0 Å². The number of hydrogen-bond acceptors (Lipinski definition) is 6. The number of rotatable bonds is 4. The van der Waals surface area contributed by atoms with Crippen LogP contribution in [0.15, 0.2) is 54.9 Å². The second kappa shape index (κ2) is 8.14. The summed E-state index contributed by atoms with van der Waals surface area (Å²) in [7, 11) is 1.98. The second-order valence-electron chi connectivity index (χ2n) is 8.94. The molecule has 4 aromatic rings. The number of nitrogens with zero attached hydrogens (tertiary/aromatic N) is 4. The van der Waals surface area contributed by atoms with E-state index in [-0.39, 0.29) is 12.0 Å². The van der Waals surface area contributed by atoms with Crippen molar-refractivity contribution in [3.8, 4) is 11.1 Å². The maximum atomic E-state index is 12.9. The molecule has 1 saturated heterocycles. The molecule has 0 aliphatic carbocycles. The minimum Gasteiger partial charge on any atom is -0.393 e. The highest BCUT2D eigenvalue weighted by Crippen LogP contribution is 2.37. The van der Waals surface area contributed by atoms with Gasteiger partial charge in [0.05, 0.1) is 17.4 Å². The SMILES string of the molecule is Cn1ccc2c(-c3ccc(Nc4cccc(N5CCC(O)CC5)n4)c4c3CNC4=O)ccnc21. The lowest BCUT2D eigenvalue weighted by Gasteiger charge is -2.30. The van der Waals surface area contributed by atoms with Gasteiger partial charge in [0.1, 0.15) is 17.3 Å². The lowest BCUT2D eigenvalue weighted by Crippen LogP contribution is -2.36. The fourth-order valence-corrected chi connectivity index (χ4v) is 5.01. The molecule has 0 atom stereocenters. The predicted molar refractivity (Wildman–Crippen MR) is 132 cm³/mol. The number of pyridine rings is 2. The van der Waals surface area contributed by atoms with E-state index in [2.05, 4.69) is 32.7 Å². The number of benzene rings is 1. The summed E-state index contributed by atoms with van der Waals surface area (Å²) in [6.45, 7) is 2.05. The molecular formula is C26H26N6O2. The van der Waals surface area contributed by atoms with Gasteiger partial charge in [-0.2, -0.15) is 0 Å². The van der Waals surface area contributed by atoms with Gasteiger partial charge in [0.25, 0.3) is 5.91 Å². The van der Waals surface area contributed by atoms with Crippen LogP contribution < -0.4 is 15.5 Å². The van der Waals surface area contributed by atoms with Crippen molar-refractivity contribution in [3.05, 3.63) is 66.0 Å². The Morgan fingerprint density at radius 1 is 1.09 bits per heavy atom. The first-order valence-electron chi connectivity index (χ1n) is 11.6. The van der Waals surface area contributed by atoms with E-state index in [1.54, 1.807) is 0 Å². The van der Waals surface area contributed by atoms with Gasteiger partial charge in [-0.1, -0.05) is 12.1 Å². The molecule has 0 saturated carbocycles. The number of amides is 1. The molecule has 2 aliphatic heterocycles. The molecule has 8 heteroatoms. The topological polar surface area (TPSA) is 95.3 Å². The van der Waals surface area contributed by atoms with Crippen LogP contribution in [0.2, 0.25) is 0 Å². The Morgan fingerprint density at radius 2 is 1.94 bits per heavy atom. The molecular weight excluding hydrogens is 428 g/mol. The molecule has 3 aromatic heterocycles. The maximum absolute atomic E-state index is 12.9. The van der Waals surface area contributed by atoms with E-state index in [1.807, 2.05) is 54.3 Å². The van der Waals surface area contributed by atoms with Gasteiger partial charge < -0.3 is 25.2 Å². The van der Waals surface area contributed by atoms with E-state index in [1.165, 1.54) is 0 Å². The summed E-state index contributed by atoms with van der Waals surface area (Å²) in [4.78, 5) is 24.3. The van der Waals surface area contributed by atoms with Crippen LogP contribution in [0, 0.1) is 0 Å².